The summed E-state index contributed by atoms with van der Waals surface area (Å²) in [5, 5.41) is 7.33. The molecule has 1 heterocycles. The molecule has 2 amide bonds. The summed E-state index contributed by atoms with van der Waals surface area (Å²) in [4.78, 5) is 24.5. The van der Waals surface area contributed by atoms with Crippen LogP contribution in [0.4, 0.5) is 5.69 Å². The molecule has 21 heavy (non-hydrogen) atoms. The summed E-state index contributed by atoms with van der Waals surface area (Å²) in [6.45, 7) is 3.88. The lowest BCUT2D eigenvalue weighted by Crippen LogP contribution is -2.32. The molecule has 1 aromatic carbocycles. The third-order valence-electron chi connectivity index (χ3n) is 3.15. The normalized spacial score (nSPS) is 10.2. The van der Waals surface area contributed by atoms with Gasteiger partial charge in [-0.15, -0.1) is 11.3 Å². The molecule has 0 bridgehead atoms. The lowest BCUT2D eigenvalue weighted by atomic mass is 10.1. The number of hydrogen-bond donors (Lipinski definition) is 2. The van der Waals surface area contributed by atoms with Gasteiger partial charge in [-0.1, -0.05) is 25.1 Å². The molecule has 0 spiro atoms. The maximum atomic E-state index is 11.9. The SMILES string of the molecule is CCc1ccccc1NC(=O)CNC(=O)c1sccc1C. The van der Waals surface area contributed by atoms with Gasteiger partial charge in [0, 0.05) is 5.69 Å². The van der Waals surface area contributed by atoms with Gasteiger partial charge in [0.05, 0.1) is 11.4 Å². The van der Waals surface area contributed by atoms with Crippen molar-refractivity contribution >= 4 is 28.8 Å². The minimum absolute atomic E-state index is 0.0335. The number of para-hydroxylation sites is 1. The van der Waals surface area contributed by atoms with Crippen LogP contribution in [0.15, 0.2) is 35.7 Å². The van der Waals surface area contributed by atoms with Gasteiger partial charge in [0.15, 0.2) is 0 Å². The average Bonchev–Trinajstić information content (AvgIpc) is 2.91. The van der Waals surface area contributed by atoms with Crippen molar-refractivity contribution in [2.75, 3.05) is 11.9 Å². The lowest BCUT2D eigenvalue weighted by molar-refractivity contribution is -0.115. The van der Waals surface area contributed by atoms with Crippen LogP contribution >= 0.6 is 11.3 Å². The van der Waals surface area contributed by atoms with E-state index in [2.05, 4.69) is 10.6 Å². The second-order valence-electron chi connectivity index (χ2n) is 4.67. The maximum absolute atomic E-state index is 11.9. The Hall–Kier alpha value is -2.14. The van der Waals surface area contributed by atoms with Gasteiger partial charge in [0.2, 0.25) is 5.91 Å². The van der Waals surface area contributed by atoms with Gasteiger partial charge in [0.1, 0.15) is 0 Å². The van der Waals surface area contributed by atoms with E-state index in [9.17, 15) is 9.59 Å². The van der Waals surface area contributed by atoms with Gasteiger partial charge < -0.3 is 10.6 Å². The van der Waals surface area contributed by atoms with Gasteiger partial charge >= 0.3 is 0 Å². The number of anilines is 1. The first-order valence-corrected chi connectivity index (χ1v) is 7.69. The highest BCUT2D eigenvalue weighted by Gasteiger charge is 2.12. The molecule has 110 valence electrons. The predicted molar refractivity (Wildman–Crippen MR) is 85.8 cm³/mol. The summed E-state index contributed by atoms with van der Waals surface area (Å²) in [7, 11) is 0. The zero-order valence-electron chi connectivity index (χ0n) is 12.1. The number of aryl methyl sites for hydroxylation is 2. The molecule has 0 saturated heterocycles. The fourth-order valence-corrected chi connectivity index (χ4v) is 2.83. The molecular formula is C16H18N2O2S. The number of carbonyl (C=O) groups is 2. The molecule has 0 aliphatic rings. The van der Waals surface area contributed by atoms with Gasteiger partial charge in [0.25, 0.3) is 5.91 Å². The number of thiophene rings is 1. The second-order valence-corrected chi connectivity index (χ2v) is 5.59. The molecule has 0 atom stereocenters. The first-order chi connectivity index (χ1) is 10.1. The molecule has 0 aliphatic carbocycles. The molecule has 5 heteroatoms. The number of carbonyl (C=O) groups excluding carboxylic acids is 2. The smallest absolute Gasteiger partial charge is 0.262 e. The first kappa shape index (κ1) is 15.3. The van der Waals surface area contributed by atoms with Crippen LogP contribution in [-0.2, 0) is 11.2 Å². The first-order valence-electron chi connectivity index (χ1n) is 6.82. The summed E-state index contributed by atoms with van der Waals surface area (Å²) >= 11 is 1.38. The lowest BCUT2D eigenvalue weighted by Gasteiger charge is -2.10. The van der Waals surface area contributed by atoms with Crippen LogP contribution in [-0.4, -0.2) is 18.4 Å². The predicted octanol–water partition coefficient (Wildman–Crippen LogP) is 2.99. The molecule has 2 rings (SSSR count). The Labute approximate surface area is 128 Å². The minimum atomic E-state index is -0.224. The topological polar surface area (TPSA) is 58.2 Å². The van der Waals surface area contributed by atoms with E-state index in [1.807, 2.05) is 49.6 Å². The number of benzene rings is 1. The molecule has 0 radical (unpaired) electrons. The highest BCUT2D eigenvalue weighted by molar-refractivity contribution is 7.12. The fourth-order valence-electron chi connectivity index (χ4n) is 1.99. The molecule has 0 aliphatic heterocycles. The average molecular weight is 302 g/mol. The molecule has 1 aromatic heterocycles. The third kappa shape index (κ3) is 3.92. The van der Waals surface area contributed by atoms with Crippen molar-refractivity contribution in [3.8, 4) is 0 Å². The van der Waals surface area contributed by atoms with Crippen LogP contribution in [0, 0.1) is 6.92 Å². The Morgan fingerprint density at radius 2 is 1.95 bits per heavy atom. The molecule has 4 nitrogen and oxygen atoms in total. The summed E-state index contributed by atoms with van der Waals surface area (Å²) in [6, 6.07) is 9.54. The van der Waals surface area contributed by atoms with E-state index in [0.29, 0.717) is 4.88 Å². The monoisotopic (exact) mass is 302 g/mol. The van der Waals surface area contributed by atoms with Gasteiger partial charge in [-0.2, -0.15) is 0 Å². The van der Waals surface area contributed by atoms with Crippen molar-refractivity contribution < 1.29 is 9.59 Å². The summed E-state index contributed by atoms with van der Waals surface area (Å²) in [5.41, 5.74) is 2.80. The number of nitrogens with one attached hydrogen (secondary N) is 2. The van der Waals surface area contributed by atoms with Crippen LogP contribution < -0.4 is 10.6 Å². The number of rotatable bonds is 5. The van der Waals surface area contributed by atoms with Crippen molar-refractivity contribution in [1.29, 1.82) is 0 Å². The van der Waals surface area contributed by atoms with Crippen LogP contribution in [0.5, 0.6) is 0 Å². The van der Waals surface area contributed by atoms with Crippen molar-refractivity contribution in [2.45, 2.75) is 20.3 Å². The van der Waals surface area contributed by atoms with E-state index in [4.69, 9.17) is 0 Å². The third-order valence-corrected chi connectivity index (χ3v) is 4.17. The highest BCUT2D eigenvalue weighted by Crippen LogP contribution is 2.16. The van der Waals surface area contributed by atoms with Crippen molar-refractivity contribution in [1.82, 2.24) is 5.32 Å². The van der Waals surface area contributed by atoms with E-state index in [0.717, 1.165) is 23.2 Å². The van der Waals surface area contributed by atoms with Gasteiger partial charge in [-0.3, -0.25) is 9.59 Å². The Bertz CT molecular complexity index is 649. The van der Waals surface area contributed by atoms with Crippen molar-refractivity contribution in [3.05, 3.63) is 51.7 Å². The number of hydrogen-bond acceptors (Lipinski definition) is 3. The molecular weight excluding hydrogens is 284 g/mol. The molecule has 2 N–H and O–H groups in total. The Balaban J connectivity index is 1.91. The van der Waals surface area contributed by atoms with Crippen molar-refractivity contribution in [2.24, 2.45) is 0 Å². The second kappa shape index (κ2) is 7.04. The van der Waals surface area contributed by atoms with Crippen molar-refractivity contribution in [3.63, 3.8) is 0 Å². The van der Waals surface area contributed by atoms with E-state index < -0.39 is 0 Å². The molecule has 2 aromatic rings. The Morgan fingerprint density at radius 3 is 2.62 bits per heavy atom. The van der Waals surface area contributed by atoms with Crippen LogP contribution in [0.25, 0.3) is 0 Å². The van der Waals surface area contributed by atoms with E-state index in [-0.39, 0.29) is 18.4 Å². The quantitative estimate of drug-likeness (QED) is 0.892. The zero-order valence-corrected chi connectivity index (χ0v) is 12.9. The molecule has 0 fully saturated rings. The van der Waals surface area contributed by atoms with Crippen LogP contribution in [0.2, 0.25) is 0 Å². The van der Waals surface area contributed by atoms with Gasteiger partial charge in [-0.05, 0) is 42.0 Å². The summed E-state index contributed by atoms with van der Waals surface area (Å²) in [6.07, 6.45) is 0.844. The van der Waals surface area contributed by atoms with Crippen LogP contribution in [0.3, 0.4) is 0 Å². The Morgan fingerprint density at radius 1 is 1.19 bits per heavy atom. The largest absolute Gasteiger partial charge is 0.342 e. The van der Waals surface area contributed by atoms with E-state index in [1.165, 1.54) is 11.3 Å². The van der Waals surface area contributed by atoms with Crippen LogP contribution in [0.1, 0.15) is 27.7 Å². The summed E-state index contributed by atoms with van der Waals surface area (Å²) in [5.74, 6) is -0.431. The van der Waals surface area contributed by atoms with E-state index in [1.54, 1.807) is 0 Å². The molecule has 0 unspecified atom stereocenters. The Kier molecular flexibility index (Phi) is 5.11. The van der Waals surface area contributed by atoms with Gasteiger partial charge in [-0.25, -0.2) is 0 Å². The minimum Gasteiger partial charge on any atom is -0.342 e. The molecule has 0 saturated carbocycles. The standard InChI is InChI=1S/C16H18N2O2S/c1-3-12-6-4-5-7-13(12)18-14(19)10-17-16(20)15-11(2)8-9-21-15/h4-9H,3,10H2,1-2H3,(H,17,20)(H,18,19). The highest BCUT2D eigenvalue weighted by atomic mass is 32.1. The maximum Gasteiger partial charge on any atom is 0.262 e. The number of amides is 2. The van der Waals surface area contributed by atoms with E-state index >= 15 is 0 Å². The summed E-state index contributed by atoms with van der Waals surface area (Å²) < 4.78 is 0. The fraction of sp³-hybridized carbons (Fsp3) is 0.250. The zero-order chi connectivity index (χ0) is 15.2.